The van der Waals surface area contributed by atoms with E-state index in [1.807, 2.05) is 12.1 Å². The summed E-state index contributed by atoms with van der Waals surface area (Å²) >= 11 is 14.0. The number of benzene rings is 3. The summed E-state index contributed by atoms with van der Waals surface area (Å²) in [5.74, 6) is 1.39. The molecule has 3 aromatic carbocycles. The minimum atomic E-state index is -4.01. The normalized spacial score (nSPS) is 11.3. The lowest BCUT2D eigenvalue weighted by Crippen LogP contribution is -2.41. The van der Waals surface area contributed by atoms with Crippen LogP contribution < -0.4 is 9.62 Å². The number of halogens is 2. The number of anilines is 1. The second-order valence-corrected chi connectivity index (χ2v) is 11.5. The van der Waals surface area contributed by atoms with Crippen LogP contribution in [0.1, 0.15) is 17.5 Å². The van der Waals surface area contributed by atoms with E-state index < -0.39 is 15.9 Å². The quantitative estimate of drug-likeness (QED) is 0.308. The van der Waals surface area contributed by atoms with Gasteiger partial charge in [0.15, 0.2) is 0 Å². The van der Waals surface area contributed by atoms with E-state index in [4.69, 9.17) is 23.2 Å². The Morgan fingerprint density at radius 1 is 0.971 bits per heavy atom. The number of aryl methyl sites for hydroxylation is 1. The number of nitrogens with zero attached hydrogens (tertiary/aromatic N) is 1. The van der Waals surface area contributed by atoms with E-state index >= 15 is 0 Å². The van der Waals surface area contributed by atoms with Gasteiger partial charge in [0.05, 0.1) is 10.6 Å². The van der Waals surface area contributed by atoms with Crippen molar-refractivity contribution >= 4 is 56.6 Å². The van der Waals surface area contributed by atoms with Crippen molar-refractivity contribution in [2.75, 3.05) is 23.1 Å². The summed E-state index contributed by atoms with van der Waals surface area (Å²) in [5, 5.41) is 3.38. The van der Waals surface area contributed by atoms with E-state index in [1.165, 1.54) is 41.5 Å². The maximum absolute atomic E-state index is 13.3. The molecule has 0 aliphatic rings. The highest BCUT2D eigenvalue weighted by Crippen LogP contribution is 2.29. The molecule has 0 atom stereocenters. The van der Waals surface area contributed by atoms with Crippen molar-refractivity contribution in [2.45, 2.75) is 24.0 Å². The number of amides is 1. The molecule has 0 bridgehead atoms. The first-order valence-corrected chi connectivity index (χ1v) is 14.1. The highest BCUT2D eigenvalue weighted by atomic mass is 35.5. The number of sulfonamides is 1. The number of carbonyl (C=O) groups is 1. The van der Waals surface area contributed by atoms with Gasteiger partial charge in [-0.25, -0.2) is 8.42 Å². The lowest BCUT2D eigenvalue weighted by molar-refractivity contribution is -0.119. The molecule has 9 heteroatoms. The van der Waals surface area contributed by atoms with Gasteiger partial charge in [-0.1, -0.05) is 65.7 Å². The molecule has 1 N–H and O–H groups in total. The standard InChI is InChI=1S/C25H26Cl2N2O3S2/c1-19-8-5-6-9-20(19)18-33-13-7-12-28-25(30)17-29(23-15-21(26)14-22(27)16-23)34(31,32)24-10-3-2-4-11-24/h2-6,8-11,14-16H,7,12-13,17-18H2,1H3,(H,28,30). The van der Waals surface area contributed by atoms with Gasteiger partial charge in [-0.15, -0.1) is 0 Å². The van der Waals surface area contributed by atoms with Crippen LogP contribution in [0.4, 0.5) is 5.69 Å². The van der Waals surface area contributed by atoms with Crippen molar-refractivity contribution in [3.05, 3.63) is 94.0 Å². The SMILES string of the molecule is Cc1ccccc1CSCCCNC(=O)CN(c1cc(Cl)cc(Cl)c1)S(=O)(=O)c1ccccc1. The van der Waals surface area contributed by atoms with Gasteiger partial charge in [0.2, 0.25) is 5.91 Å². The van der Waals surface area contributed by atoms with E-state index in [2.05, 4.69) is 24.4 Å². The lowest BCUT2D eigenvalue weighted by Gasteiger charge is -2.24. The lowest BCUT2D eigenvalue weighted by atomic mass is 10.1. The van der Waals surface area contributed by atoms with Gasteiger partial charge in [-0.05, 0) is 60.6 Å². The fourth-order valence-electron chi connectivity index (χ4n) is 3.26. The number of hydrogen-bond acceptors (Lipinski definition) is 4. The molecule has 5 nitrogen and oxygen atoms in total. The maximum atomic E-state index is 13.3. The Labute approximate surface area is 215 Å². The molecule has 0 aliphatic carbocycles. The van der Waals surface area contributed by atoms with Crippen molar-refractivity contribution in [3.63, 3.8) is 0 Å². The van der Waals surface area contributed by atoms with Gasteiger partial charge < -0.3 is 5.32 Å². The minimum Gasteiger partial charge on any atom is -0.354 e. The van der Waals surface area contributed by atoms with Crippen molar-refractivity contribution in [1.82, 2.24) is 5.32 Å². The van der Waals surface area contributed by atoms with Crippen molar-refractivity contribution in [3.8, 4) is 0 Å². The zero-order valence-electron chi connectivity index (χ0n) is 18.7. The van der Waals surface area contributed by atoms with Crippen LogP contribution in [0.5, 0.6) is 0 Å². The van der Waals surface area contributed by atoms with Crippen LogP contribution >= 0.6 is 35.0 Å². The van der Waals surface area contributed by atoms with Crippen LogP contribution in [0.15, 0.2) is 77.7 Å². The third-order valence-electron chi connectivity index (χ3n) is 5.06. The number of carbonyl (C=O) groups excluding carboxylic acids is 1. The Kier molecular flexibility index (Phi) is 9.71. The predicted octanol–water partition coefficient (Wildman–Crippen LogP) is 5.94. The second kappa shape index (κ2) is 12.5. The Morgan fingerprint density at radius 2 is 1.62 bits per heavy atom. The molecule has 0 fully saturated rings. The van der Waals surface area contributed by atoms with Crippen LogP contribution in [0, 0.1) is 6.92 Å². The third kappa shape index (κ3) is 7.40. The van der Waals surface area contributed by atoms with Gasteiger partial charge in [0.25, 0.3) is 10.0 Å². The molecule has 0 unspecified atom stereocenters. The zero-order valence-corrected chi connectivity index (χ0v) is 21.9. The zero-order chi connectivity index (χ0) is 24.6. The first-order chi connectivity index (χ1) is 16.3. The molecule has 0 saturated heterocycles. The largest absolute Gasteiger partial charge is 0.354 e. The summed E-state index contributed by atoms with van der Waals surface area (Å²) in [6.07, 6.45) is 0.775. The second-order valence-electron chi connectivity index (χ2n) is 7.63. The van der Waals surface area contributed by atoms with E-state index in [1.54, 1.807) is 30.0 Å². The van der Waals surface area contributed by atoms with Crippen LogP contribution in [-0.2, 0) is 20.6 Å². The first kappa shape index (κ1) is 26.4. The van der Waals surface area contributed by atoms with Gasteiger partial charge in [0, 0.05) is 22.3 Å². The average molecular weight is 538 g/mol. The van der Waals surface area contributed by atoms with E-state index in [0.717, 1.165) is 22.2 Å². The van der Waals surface area contributed by atoms with Gasteiger partial charge in [-0.3, -0.25) is 9.10 Å². The summed E-state index contributed by atoms with van der Waals surface area (Å²) in [5.41, 5.74) is 2.80. The average Bonchev–Trinajstić information content (AvgIpc) is 2.80. The van der Waals surface area contributed by atoms with E-state index in [-0.39, 0.29) is 27.2 Å². The van der Waals surface area contributed by atoms with Crippen LogP contribution in [-0.4, -0.2) is 33.2 Å². The maximum Gasteiger partial charge on any atom is 0.264 e. The van der Waals surface area contributed by atoms with Gasteiger partial charge in [0.1, 0.15) is 6.54 Å². The fourth-order valence-corrected chi connectivity index (χ4v) is 6.24. The molecule has 3 rings (SSSR count). The summed E-state index contributed by atoms with van der Waals surface area (Å²) in [7, 11) is -4.01. The van der Waals surface area contributed by atoms with Crippen molar-refractivity contribution in [1.29, 1.82) is 0 Å². The molecule has 0 aromatic heterocycles. The number of hydrogen-bond donors (Lipinski definition) is 1. The minimum absolute atomic E-state index is 0.0755. The number of thioether (sulfide) groups is 1. The van der Waals surface area contributed by atoms with Crippen molar-refractivity contribution < 1.29 is 13.2 Å². The van der Waals surface area contributed by atoms with Crippen LogP contribution in [0.2, 0.25) is 10.0 Å². The predicted molar refractivity (Wildman–Crippen MR) is 142 cm³/mol. The number of nitrogens with one attached hydrogen (secondary N) is 1. The summed E-state index contributed by atoms with van der Waals surface area (Å²) in [6, 6.07) is 20.7. The summed E-state index contributed by atoms with van der Waals surface area (Å²) in [4.78, 5) is 12.8. The van der Waals surface area contributed by atoms with E-state index in [9.17, 15) is 13.2 Å². The van der Waals surface area contributed by atoms with Crippen LogP contribution in [0.3, 0.4) is 0 Å². The highest BCUT2D eigenvalue weighted by molar-refractivity contribution is 7.98. The molecule has 34 heavy (non-hydrogen) atoms. The Balaban J connectivity index is 1.61. The Bertz CT molecular complexity index is 1200. The smallest absolute Gasteiger partial charge is 0.264 e. The monoisotopic (exact) mass is 536 g/mol. The Hall–Kier alpha value is -2.19. The highest BCUT2D eigenvalue weighted by Gasteiger charge is 2.27. The molecule has 0 spiro atoms. The summed E-state index contributed by atoms with van der Waals surface area (Å²) in [6.45, 7) is 2.16. The molecule has 1 amide bonds. The molecular weight excluding hydrogens is 511 g/mol. The molecule has 0 heterocycles. The molecule has 0 radical (unpaired) electrons. The van der Waals surface area contributed by atoms with Gasteiger partial charge in [-0.2, -0.15) is 11.8 Å². The molecule has 0 saturated carbocycles. The molecular formula is C25H26Cl2N2O3S2. The summed E-state index contributed by atoms with van der Waals surface area (Å²) < 4.78 is 27.7. The Morgan fingerprint density at radius 3 is 2.29 bits per heavy atom. The molecule has 3 aromatic rings. The van der Waals surface area contributed by atoms with Crippen molar-refractivity contribution in [2.24, 2.45) is 0 Å². The fraction of sp³-hybridized carbons (Fsp3) is 0.240. The van der Waals surface area contributed by atoms with Crippen LogP contribution in [0.25, 0.3) is 0 Å². The topological polar surface area (TPSA) is 66.5 Å². The molecule has 0 aliphatic heterocycles. The van der Waals surface area contributed by atoms with E-state index in [0.29, 0.717) is 6.54 Å². The first-order valence-electron chi connectivity index (χ1n) is 10.7. The number of rotatable bonds is 11. The van der Waals surface area contributed by atoms with Gasteiger partial charge >= 0.3 is 0 Å². The molecule has 180 valence electrons. The third-order valence-corrected chi connectivity index (χ3v) is 8.38.